The number of benzene rings is 2. The van der Waals surface area contributed by atoms with Crippen molar-refractivity contribution in [1.82, 2.24) is 0 Å². The maximum absolute atomic E-state index is 7.72. The Bertz CT molecular complexity index is 3240. The highest BCUT2D eigenvalue weighted by Crippen LogP contribution is 2.62. The van der Waals surface area contributed by atoms with Gasteiger partial charge in [0.05, 0.1) is 23.1 Å². The van der Waals surface area contributed by atoms with Crippen molar-refractivity contribution >= 4 is 35.9 Å². The van der Waals surface area contributed by atoms with Crippen LogP contribution in [0.15, 0.2) is 116 Å². The number of nitrogens with zero attached hydrogens (tertiary/aromatic N) is 2. The highest BCUT2D eigenvalue weighted by atomic mass is 16.3. The van der Waals surface area contributed by atoms with E-state index in [-0.39, 0.29) is 50.7 Å². The Morgan fingerprint density at radius 2 is 1.39 bits per heavy atom. The lowest BCUT2D eigenvalue weighted by molar-refractivity contribution is 0.0326. The fraction of sp³-hybridized carbons (Fsp3) is 0.549. The summed E-state index contributed by atoms with van der Waals surface area (Å²) >= 11 is 0. The van der Waals surface area contributed by atoms with Crippen molar-refractivity contribution in [2.75, 3.05) is 9.80 Å². The molecule has 3 nitrogen and oxygen atoms in total. The van der Waals surface area contributed by atoms with Gasteiger partial charge >= 0.3 is 0 Å². The molecule has 0 spiro atoms. The SMILES string of the molecule is CC1=CC2=C3B(C4=C(CC5C(=C4)C(C)(C)CCC5(C)C)N2c2cc4c(cc2-c2ccc5c(c2)CCC=C5)C(C)(C)CCC4(C)C)c2oc4c(c2N(C2=CC5C(C=C2)C(C)(C)CCC5(C)C)C3C1)C[C@@H](C(C)(C)C)C=C4. The summed E-state index contributed by atoms with van der Waals surface area (Å²) in [4.78, 5) is 5.79. The molecule has 1 aromatic heterocycles. The van der Waals surface area contributed by atoms with Gasteiger partial charge in [0, 0.05) is 28.2 Å². The van der Waals surface area contributed by atoms with Gasteiger partial charge in [-0.3, -0.25) is 0 Å². The first kappa shape index (κ1) is 49.8. The lowest BCUT2D eigenvalue weighted by Crippen LogP contribution is -2.59. The Morgan fingerprint density at radius 3 is 2.12 bits per heavy atom. The molecule has 0 bridgehead atoms. The summed E-state index contributed by atoms with van der Waals surface area (Å²) in [5.41, 5.74) is 25.4. The molecule has 5 atom stereocenters. The van der Waals surface area contributed by atoms with Gasteiger partial charge in [0.1, 0.15) is 5.76 Å². The molecule has 2 aromatic carbocycles. The second kappa shape index (κ2) is 16.2. The van der Waals surface area contributed by atoms with Gasteiger partial charge in [-0.25, -0.2) is 0 Å². The van der Waals surface area contributed by atoms with Crippen LogP contribution in [0.2, 0.25) is 0 Å². The molecule has 0 radical (unpaired) electrons. The van der Waals surface area contributed by atoms with Crippen molar-refractivity contribution in [2.24, 2.45) is 50.7 Å². The van der Waals surface area contributed by atoms with E-state index in [0.717, 1.165) is 37.9 Å². The second-order valence-corrected chi connectivity index (χ2v) is 31.0. The van der Waals surface area contributed by atoms with Crippen LogP contribution in [0.25, 0.3) is 23.3 Å². The average Bonchev–Trinajstić information content (AvgIpc) is 3.73. The molecule has 392 valence electrons. The Balaban J connectivity index is 1.13. The molecule has 2 saturated carbocycles. The van der Waals surface area contributed by atoms with E-state index in [2.05, 4.69) is 206 Å². The monoisotopic (exact) mass is 997 g/mol. The fourth-order valence-corrected chi connectivity index (χ4v) is 16.9. The standard InChI is InChI=1S/C71H89BN2O/c1-42-33-59-62-60(34-42)74(57-40-54-52(68(9,10)29-31-70(54,13)14)38-48(57)45-22-21-43-19-17-18-20-44(43)35-45)58-41-55-53(69(11,12)30-32-71(55,15)16)39-56(58)72(62)64-63(49-36-46(65(2,3)4)23-26-61(49)75-64)73(59)47-24-25-50-51(37-47)67(7,8)28-27-66(50,5)6/h17,19,21-26,34-35,37-40,46,50-51,55,59H,18,20,27-33,36,41H2,1-16H3/t46-,50?,51?,55?,59?/m0/s1. The molecule has 2 aliphatic heterocycles. The topological polar surface area (TPSA) is 19.6 Å². The summed E-state index contributed by atoms with van der Waals surface area (Å²) in [5, 5.41) is 0. The zero-order valence-corrected chi connectivity index (χ0v) is 49.1. The van der Waals surface area contributed by atoms with Crippen LogP contribution in [0.5, 0.6) is 0 Å². The van der Waals surface area contributed by atoms with E-state index < -0.39 is 0 Å². The number of rotatable bonds is 3. The smallest absolute Gasteiger partial charge is 0.292 e. The average molecular weight is 997 g/mol. The molecule has 0 amide bonds. The number of hydrogen-bond acceptors (Lipinski definition) is 3. The number of allylic oxidation sites excluding steroid dienone is 10. The molecule has 2 fully saturated rings. The van der Waals surface area contributed by atoms with Crippen LogP contribution >= 0.6 is 0 Å². The molecule has 13 rings (SSSR count). The zero-order valence-electron chi connectivity index (χ0n) is 49.1. The van der Waals surface area contributed by atoms with E-state index in [4.69, 9.17) is 4.42 Å². The first-order valence-electron chi connectivity index (χ1n) is 29.8. The highest BCUT2D eigenvalue weighted by molar-refractivity contribution is 6.88. The fourth-order valence-electron chi connectivity index (χ4n) is 16.9. The summed E-state index contributed by atoms with van der Waals surface area (Å²) in [6, 6.07) is 13.0. The summed E-state index contributed by atoms with van der Waals surface area (Å²) in [7, 11) is 0. The van der Waals surface area contributed by atoms with Crippen LogP contribution in [-0.4, -0.2) is 12.8 Å². The molecule has 75 heavy (non-hydrogen) atoms. The van der Waals surface area contributed by atoms with E-state index in [9.17, 15) is 0 Å². The Hall–Kier alpha value is -4.70. The number of anilines is 2. The third-order valence-electron chi connectivity index (χ3n) is 22.3. The lowest BCUT2D eigenvalue weighted by Gasteiger charge is -2.56. The summed E-state index contributed by atoms with van der Waals surface area (Å²) in [6.07, 6.45) is 35.6. The highest BCUT2D eigenvalue weighted by Gasteiger charge is 2.57. The van der Waals surface area contributed by atoms with E-state index in [1.54, 1.807) is 5.57 Å². The van der Waals surface area contributed by atoms with E-state index in [1.165, 1.54) is 128 Å². The number of hydrogen-bond donors (Lipinski definition) is 0. The number of fused-ring (bicyclic) bond motifs is 9. The van der Waals surface area contributed by atoms with Crippen LogP contribution < -0.4 is 15.5 Å². The first-order chi connectivity index (χ1) is 35.2. The largest absolute Gasteiger partial charge is 0.468 e. The van der Waals surface area contributed by atoms with Crippen LogP contribution in [0.3, 0.4) is 0 Å². The van der Waals surface area contributed by atoms with Crippen molar-refractivity contribution < 1.29 is 4.42 Å². The molecule has 4 heteroatoms. The van der Waals surface area contributed by atoms with Crippen molar-refractivity contribution in [3.63, 3.8) is 0 Å². The predicted molar refractivity (Wildman–Crippen MR) is 319 cm³/mol. The first-order valence-corrected chi connectivity index (χ1v) is 29.8. The Labute approximate surface area is 453 Å². The minimum absolute atomic E-state index is 0.0196. The van der Waals surface area contributed by atoms with Gasteiger partial charge in [-0.05, 0) is 208 Å². The quantitative estimate of drug-likeness (QED) is 0.244. The molecule has 0 saturated heterocycles. The van der Waals surface area contributed by atoms with Gasteiger partial charge in [0.25, 0.3) is 6.71 Å². The van der Waals surface area contributed by atoms with Gasteiger partial charge in [-0.15, -0.1) is 0 Å². The van der Waals surface area contributed by atoms with Crippen molar-refractivity contribution in [3.05, 3.63) is 146 Å². The van der Waals surface area contributed by atoms with Crippen LogP contribution in [0.4, 0.5) is 11.4 Å². The van der Waals surface area contributed by atoms with Crippen LogP contribution in [0, 0.1) is 50.7 Å². The van der Waals surface area contributed by atoms with Crippen molar-refractivity contribution in [1.29, 1.82) is 0 Å². The van der Waals surface area contributed by atoms with Gasteiger partial charge < -0.3 is 14.2 Å². The molecule has 0 N–H and O–H groups in total. The maximum Gasteiger partial charge on any atom is 0.292 e. The van der Waals surface area contributed by atoms with Crippen LogP contribution in [-0.2, 0) is 23.7 Å². The Kier molecular flexibility index (Phi) is 10.8. The number of aryl methyl sites for hydroxylation is 1. The Morgan fingerprint density at radius 1 is 0.693 bits per heavy atom. The lowest BCUT2D eigenvalue weighted by atomic mass is 9.31. The maximum atomic E-state index is 7.72. The second-order valence-electron chi connectivity index (χ2n) is 31.0. The molecule has 3 heterocycles. The minimum atomic E-state index is 0.0196. The van der Waals surface area contributed by atoms with Crippen molar-refractivity contribution in [3.8, 4) is 11.1 Å². The molecule has 4 unspecified atom stereocenters. The van der Waals surface area contributed by atoms with E-state index >= 15 is 0 Å². The zero-order chi connectivity index (χ0) is 52.9. The van der Waals surface area contributed by atoms with E-state index in [0.29, 0.717) is 23.7 Å². The molecule has 8 aliphatic carbocycles. The van der Waals surface area contributed by atoms with E-state index in [1.807, 2.05) is 0 Å². The molecule has 10 aliphatic rings. The third-order valence-corrected chi connectivity index (χ3v) is 22.3. The normalized spacial score (nSPS) is 29.7. The number of furan rings is 1. The third kappa shape index (κ3) is 7.52. The molecular formula is C71H89BN2O. The van der Waals surface area contributed by atoms with Crippen molar-refractivity contribution in [2.45, 2.75) is 198 Å². The summed E-state index contributed by atoms with van der Waals surface area (Å²) in [6.45, 7) is 40.3. The van der Waals surface area contributed by atoms with Crippen LogP contribution in [0.1, 0.15) is 202 Å². The molecule has 3 aromatic rings. The van der Waals surface area contributed by atoms with Gasteiger partial charge in [-0.1, -0.05) is 170 Å². The van der Waals surface area contributed by atoms with Gasteiger partial charge in [0.2, 0.25) is 0 Å². The minimum Gasteiger partial charge on any atom is -0.468 e. The summed E-state index contributed by atoms with van der Waals surface area (Å²) in [5.74, 6) is 2.91. The molecular weight excluding hydrogens is 908 g/mol. The summed E-state index contributed by atoms with van der Waals surface area (Å²) < 4.78 is 7.72. The van der Waals surface area contributed by atoms with Gasteiger partial charge in [-0.2, -0.15) is 0 Å². The predicted octanol–water partition coefficient (Wildman–Crippen LogP) is 18.2. The van der Waals surface area contributed by atoms with Gasteiger partial charge in [0.15, 0.2) is 0 Å².